The zero-order valence-corrected chi connectivity index (χ0v) is 15.8. The van der Waals surface area contributed by atoms with Crippen LogP contribution in [0.15, 0.2) is 79.0 Å². The van der Waals surface area contributed by atoms with Crippen LogP contribution in [0, 0.1) is 5.41 Å². The number of rotatable bonds is 4. The number of pyridine rings is 1. The molecule has 1 aromatic heterocycles. The number of amides is 1. The molecule has 138 valence electrons. The Bertz CT molecular complexity index is 876. The van der Waals surface area contributed by atoms with Crippen molar-refractivity contribution in [1.82, 2.24) is 4.98 Å². The van der Waals surface area contributed by atoms with E-state index >= 15 is 0 Å². The van der Waals surface area contributed by atoms with Crippen molar-refractivity contribution >= 4 is 11.7 Å². The van der Waals surface area contributed by atoms with Gasteiger partial charge < -0.3 is 10.4 Å². The number of nitrogens with one attached hydrogen (secondary N) is 1. The summed E-state index contributed by atoms with van der Waals surface area (Å²) in [6.45, 7) is 5.52. The molecule has 0 bridgehead atoms. The number of benzene rings is 2. The molecule has 0 aliphatic carbocycles. The van der Waals surface area contributed by atoms with Gasteiger partial charge in [0.05, 0.1) is 0 Å². The lowest BCUT2D eigenvalue weighted by Crippen LogP contribution is -2.33. The number of nitrogens with zero attached hydrogens (tertiary/aromatic N) is 1. The zero-order chi connectivity index (χ0) is 19.5. The molecule has 3 rings (SSSR count). The van der Waals surface area contributed by atoms with Gasteiger partial charge >= 0.3 is 0 Å². The van der Waals surface area contributed by atoms with Crippen molar-refractivity contribution in [3.8, 4) is 0 Å². The van der Waals surface area contributed by atoms with Crippen LogP contribution in [0.5, 0.6) is 0 Å². The van der Waals surface area contributed by atoms with E-state index in [0.717, 1.165) is 0 Å². The summed E-state index contributed by atoms with van der Waals surface area (Å²) in [4.78, 5) is 16.9. The molecule has 4 nitrogen and oxygen atoms in total. The average Bonchev–Trinajstić information content (AvgIpc) is 2.68. The second-order valence-electron chi connectivity index (χ2n) is 7.55. The molecule has 2 aromatic carbocycles. The number of hydrogen-bond donors (Lipinski definition) is 2. The summed E-state index contributed by atoms with van der Waals surface area (Å²) in [6.07, 6.45) is 1.61. The monoisotopic (exact) mass is 360 g/mol. The Morgan fingerprint density at radius 1 is 0.852 bits per heavy atom. The van der Waals surface area contributed by atoms with Crippen molar-refractivity contribution in [2.75, 3.05) is 5.32 Å². The molecule has 1 amide bonds. The topological polar surface area (TPSA) is 62.2 Å². The van der Waals surface area contributed by atoms with Crippen LogP contribution in [-0.4, -0.2) is 16.0 Å². The maximum Gasteiger partial charge on any atom is 0.230 e. The Morgan fingerprint density at radius 2 is 1.37 bits per heavy atom. The molecular weight excluding hydrogens is 336 g/mol. The highest BCUT2D eigenvalue weighted by atomic mass is 16.3. The first-order valence-electron chi connectivity index (χ1n) is 8.94. The van der Waals surface area contributed by atoms with Crippen molar-refractivity contribution < 1.29 is 9.90 Å². The fraction of sp³-hybridized carbons (Fsp3) is 0.217. The van der Waals surface area contributed by atoms with E-state index in [1.165, 1.54) is 0 Å². The van der Waals surface area contributed by atoms with Gasteiger partial charge in [0.2, 0.25) is 5.91 Å². The minimum absolute atomic E-state index is 0.161. The van der Waals surface area contributed by atoms with E-state index in [9.17, 15) is 9.90 Å². The maximum atomic E-state index is 12.6. The summed E-state index contributed by atoms with van der Waals surface area (Å²) in [6, 6.07) is 22.4. The largest absolute Gasteiger partial charge is 0.376 e. The molecule has 0 aliphatic rings. The first-order valence-corrected chi connectivity index (χ1v) is 8.94. The fourth-order valence-electron chi connectivity index (χ4n) is 2.93. The summed E-state index contributed by atoms with van der Waals surface area (Å²) in [5.74, 6) is 0.193. The first-order chi connectivity index (χ1) is 12.8. The van der Waals surface area contributed by atoms with Crippen molar-refractivity contribution in [2.24, 2.45) is 5.41 Å². The normalized spacial score (nSPS) is 11.9. The van der Waals surface area contributed by atoms with Gasteiger partial charge in [-0.25, -0.2) is 4.98 Å². The van der Waals surface area contributed by atoms with Crippen molar-refractivity contribution in [3.63, 3.8) is 0 Å². The van der Waals surface area contributed by atoms with Crippen molar-refractivity contribution in [3.05, 3.63) is 95.7 Å². The number of anilines is 1. The van der Waals surface area contributed by atoms with Crippen LogP contribution in [0.2, 0.25) is 0 Å². The summed E-state index contributed by atoms with van der Waals surface area (Å²) in [5.41, 5.74) is -0.0881. The second-order valence-corrected chi connectivity index (χ2v) is 7.55. The van der Waals surface area contributed by atoms with Gasteiger partial charge in [-0.2, -0.15) is 0 Å². The summed E-state index contributed by atoms with van der Waals surface area (Å²) in [7, 11) is 0. The highest BCUT2D eigenvalue weighted by molar-refractivity contribution is 5.94. The first kappa shape index (κ1) is 18.8. The summed E-state index contributed by atoms with van der Waals surface area (Å²) < 4.78 is 0. The van der Waals surface area contributed by atoms with Crippen LogP contribution >= 0.6 is 0 Å². The second kappa shape index (κ2) is 7.33. The van der Waals surface area contributed by atoms with Crippen LogP contribution in [0.1, 0.15) is 37.5 Å². The van der Waals surface area contributed by atoms with Crippen molar-refractivity contribution in [2.45, 2.75) is 26.4 Å². The third-order valence-corrected chi connectivity index (χ3v) is 4.49. The van der Waals surface area contributed by atoms with Gasteiger partial charge in [-0.05, 0) is 17.2 Å². The van der Waals surface area contributed by atoms with E-state index in [1.807, 2.05) is 81.4 Å². The highest BCUT2D eigenvalue weighted by Gasteiger charge is 2.37. The molecule has 0 aliphatic heterocycles. The smallest absolute Gasteiger partial charge is 0.230 e. The maximum absolute atomic E-state index is 12.6. The third kappa shape index (κ3) is 3.76. The Labute approximate surface area is 159 Å². The average molecular weight is 360 g/mol. The minimum Gasteiger partial charge on any atom is -0.376 e. The molecule has 0 unspecified atom stereocenters. The van der Waals surface area contributed by atoms with Gasteiger partial charge in [0.15, 0.2) is 0 Å². The predicted octanol–water partition coefficient (Wildman–Crippen LogP) is 4.35. The van der Waals surface area contributed by atoms with E-state index in [1.54, 1.807) is 18.3 Å². The van der Waals surface area contributed by atoms with Crippen LogP contribution in [-0.2, 0) is 10.4 Å². The fourth-order valence-corrected chi connectivity index (χ4v) is 2.93. The number of hydrogen-bond acceptors (Lipinski definition) is 3. The zero-order valence-electron chi connectivity index (χ0n) is 15.8. The molecule has 27 heavy (non-hydrogen) atoms. The van der Waals surface area contributed by atoms with E-state index in [4.69, 9.17) is 0 Å². The Balaban J connectivity index is 2.19. The Morgan fingerprint density at radius 3 is 1.85 bits per heavy atom. The van der Waals surface area contributed by atoms with E-state index < -0.39 is 11.0 Å². The minimum atomic E-state index is -1.45. The third-order valence-electron chi connectivity index (χ3n) is 4.49. The van der Waals surface area contributed by atoms with Gasteiger partial charge in [0.1, 0.15) is 11.4 Å². The van der Waals surface area contributed by atoms with Gasteiger partial charge in [-0.3, -0.25) is 4.79 Å². The summed E-state index contributed by atoms with van der Waals surface area (Å²) in [5, 5.41) is 14.8. The van der Waals surface area contributed by atoms with Crippen LogP contribution < -0.4 is 5.32 Å². The van der Waals surface area contributed by atoms with Gasteiger partial charge in [0.25, 0.3) is 0 Å². The molecule has 0 saturated carbocycles. The molecule has 0 fully saturated rings. The molecular formula is C23H24N2O2. The number of aromatic nitrogens is 1. The highest BCUT2D eigenvalue weighted by Crippen LogP contribution is 2.39. The van der Waals surface area contributed by atoms with Crippen molar-refractivity contribution in [1.29, 1.82) is 0 Å². The SMILES string of the molecule is CC(C)(C)C(=O)Nc1ncccc1C(O)(c1ccccc1)c1ccccc1. The molecule has 0 spiro atoms. The van der Waals surface area contributed by atoms with E-state index in [0.29, 0.717) is 22.5 Å². The van der Waals surface area contributed by atoms with Gasteiger partial charge in [0, 0.05) is 17.2 Å². The molecule has 1 heterocycles. The number of aliphatic hydroxyl groups is 1. The van der Waals surface area contributed by atoms with Crippen LogP contribution in [0.25, 0.3) is 0 Å². The Kier molecular flexibility index (Phi) is 5.10. The Hall–Kier alpha value is -2.98. The van der Waals surface area contributed by atoms with Gasteiger partial charge in [-0.15, -0.1) is 0 Å². The number of carbonyl (C=O) groups is 1. The van der Waals surface area contributed by atoms with Crippen LogP contribution in [0.4, 0.5) is 5.82 Å². The lowest BCUT2D eigenvalue weighted by molar-refractivity contribution is -0.123. The predicted molar refractivity (Wildman–Crippen MR) is 107 cm³/mol. The van der Waals surface area contributed by atoms with Crippen LogP contribution in [0.3, 0.4) is 0 Å². The molecule has 0 radical (unpaired) electrons. The lowest BCUT2D eigenvalue weighted by atomic mass is 9.80. The number of carbonyl (C=O) groups excluding carboxylic acids is 1. The summed E-state index contributed by atoms with van der Waals surface area (Å²) >= 11 is 0. The molecule has 0 saturated heterocycles. The molecule has 0 atom stereocenters. The van der Waals surface area contributed by atoms with E-state index in [2.05, 4.69) is 10.3 Å². The molecule has 2 N–H and O–H groups in total. The molecule has 3 aromatic rings. The quantitative estimate of drug-likeness (QED) is 0.727. The van der Waals surface area contributed by atoms with E-state index in [-0.39, 0.29) is 5.91 Å². The standard InChI is InChI=1S/C23H24N2O2/c1-22(2,3)21(26)25-20-19(15-10-16-24-20)23(27,17-11-6-4-7-12-17)18-13-8-5-9-14-18/h4-16,27H,1-3H3,(H,24,25,26). The lowest BCUT2D eigenvalue weighted by Gasteiger charge is -2.31. The van der Waals surface area contributed by atoms with Gasteiger partial charge in [-0.1, -0.05) is 87.5 Å². The molecule has 4 heteroatoms.